The third-order valence-electron chi connectivity index (χ3n) is 4.15. The van der Waals surface area contributed by atoms with Crippen molar-refractivity contribution in [3.05, 3.63) is 0 Å². The highest BCUT2D eigenvalue weighted by Crippen LogP contribution is 2.38. The molecule has 0 spiro atoms. The molecule has 0 aromatic rings. The summed E-state index contributed by atoms with van der Waals surface area (Å²) in [5.74, 6) is 2.57. The van der Waals surface area contributed by atoms with E-state index in [0.29, 0.717) is 5.92 Å². The van der Waals surface area contributed by atoms with Crippen molar-refractivity contribution in [1.29, 1.82) is 0 Å². The lowest BCUT2D eigenvalue weighted by atomic mass is 9.72. The molecule has 0 aliphatic heterocycles. The Kier molecular flexibility index (Phi) is 2.92. The SMILES string of the molecule is CC1CCC(CC2CCC2O)CC1. The first-order valence-electron chi connectivity index (χ1n) is 5.93. The van der Waals surface area contributed by atoms with Crippen LogP contribution < -0.4 is 0 Å². The molecule has 76 valence electrons. The van der Waals surface area contributed by atoms with Crippen molar-refractivity contribution in [3.8, 4) is 0 Å². The molecule has 0 radical (unpaired) electrons. The van der Waals surface area contributed by atoms with E-state index in [9.17, 15) is 5.11 Å². The van der Waals surface area contributed by atoms with Crippen LogP contribution in [0.1, 0.15) is 51.9 Å². The molecule has 0 aromatic carbocycles. The van der Waals surface area contributed by atoms with E-state index >= 15 is 0 Å². The Morgan fingerprint density at radius 3 is 2.15 bits per heavy atom. The average molecular weight is 182 g/mol. The third kappa shape index (κ3) is 2.25. The standard InChI is InChI=1S/C12H22O/c1-9-2-4-10(5-3-9)8-11-6-7-12(11)13/h9-13H,2-8H2,1H3. The van der Waals surface area contributed by atoms with Gasteiger partial charge in [0.2, 0.25) is 0 Å². The van der Waals surface area contributed by atoms with Gasteiger partial charge in [-0.1, -0.05) is 32.6 Å². The van der Waals surface area contributed by atoms with Crippen molar-refractivity contribution in [2.45, 2.75) is 58.0 Å². The number of aliphatic hydroxyl groups is 1. The molecule has 1 heteroatoms. The van der Waals surface area contributed by atoms with Crippen LogP contribution in [0.5, 0.6) is 0 Å². The lowest BCUT2D eigenvalue weighted by molar-refractivity contribution is 0.00624. The number of hydrogen-bond donors (Lipinski definition) is 1. The van der Waals surface area contributed by atoms with Crippen molar-refractivity contribution in [1.82, 2.24) is 0 Å². The van der Waals surface area contributed by atoms with E-state index in [1.807, 2.05) is 0 Å². The molecule has 1 nitrogen and oxygen atoms in total. The van der Waals surface area contributed by atoms with Gasteiger partial charge in [0, 0.05) is 0 Å². The normalized spacial score (nSPS) is 45.7. The van der Waals surface area contributed by atoms with Gasteiger partial charge in [0.05, 0.1) is 6.10 Å². The fourth-order valence-electron chi connectivity index (χ4n) is 2.82. The highest BCUT2D eigenvalue weighted by molar-refractivity contribution is 4.83. The number of rotatable bonds is 2. The highest BCUT2D eigenvalue weighted by atomic mass is 16.3. The zero-order valence-electron chi connectivity index (χ0n) is 8.71. The molecule has 2 unspecified atom stereocenters. The minimum absolute atomic E-state index is 0.0550. The lowest BCUT2D eigenvalue weighted by Crippen LogP contribution is -2.33. The maximum Gasteiger partial charge on any atom is 0.0568 e. The molecule has 0 aromatic heterocycles. The number of aliphatic hydroxyl groups excluding tert-OH is 1. The van der Waals surface area contributed by atoms with Crippen LogP contribution in [-0.4, -0.2) is 11.2 Å². The zero-order valence-corrected chi connectivity index (χ0v) is 8.71. The molecule has 0 amide bonds. The zero-order chi connectivity index (χ0) is 9.26. The highest BCUT2D eigenvalue weighted by Gasteiger charge is 2.31. The smallest absolute Gasteiger partial charge is 0.0568 e. The van der Waals surface area contributed by atoms with Crippen molar-refractivity contribution in [3.63, 3.8) is 0 Å². The Bertz CT molecular complexity index is 159. The Morgan fingerprint density at radius 2 is 1.69 bits per heavy atom. The second kappa shape index (κ2) is 4.00. The quantitative estimate of drug-likeness (QED) is 0.696. The summed E-state index contributed by atoms with van der Waals surface area (Å²) in [4.78, 5) is 0. The van der Waals surface area contributed by atoms with Crippen LogP contribution in [0.2, 0.25) is 0 Å². The first-order valence-corrected chi connectivity index (χ1v) is 5.93. The van der Waals surface area contributed by atoms with E-state index in [2.05, 4.69) is 6.92 Å². The molecule has 2 aliphatic rings. The Hall–Kier alpha value is -0.0400. The van der Waals surface area contributed by atoms with E-state index in [0.717, 1.165) is 18.3 Å². The second-order valence-corrected chi connectivity index (χ2v) is 5.27. The average Bonchev–Trinajstić information content (AvgIpc) is 2.15. The second-order valence-electron chi connectivity index (χ2n) is 5.27. The van der Waals surface area contributed by atoms with E-state index in [4.69, 9.17) is 0 Å². The maximum atomic E-state index is 9.49. The molecule has 2 saturated carbocycles. The third-order valence-corrected chi connectivity index (χ3v) is 4.15. The molecular weight excluding hydrogens is 160 g/mol. The van der Waals surface area contributed by atoms with Gasteiger partial charge in [0.25, 0.3) is 0 Å². The predicted octanol–water partition coefficient (Wildman–Crippen LogP) is 2.97. The summed E-state index contributed by atoms with van der Waals surface area (Å²) < 4.78 is 0. The number of hydrogen-bond acceptors (Lipinski definition) is 1. The van der Waals surface area contributed by atoms with E-state index in [-0.39, 0.29) is 6.10 Å². The first kappa shape index (κ1) is 9.51. The summed E-state index contributed by atoms with van der Waals surface area (Å²) in [6.45, 7) is 2.37. The molecule has 2 rings (SSSR count). The lowest BCUT2D eigenvalue weighted by Gasteiger charge is -2.37. The summed E-state index contributed by atoms with van der Waals surface area (Å²) in [7, 11) is 0. The van der Waals surface area contributed by atoms with Crippen molar-refractivity contribution in [2.75, 3.05) is 0 Å². The summed E-state index contributed by atoms with van der Waals surface area (Å²) in [5, 5.41) is 9.49. The van der Waals surface area contributed by atoms with Crippen molar-refractivity contribution >= 4 is 0 Å². The largest absolute Gasteiger partial charge is 0.393 e. The van der Waals surface area contributed by atoms with Crippen LogP contribution in [-0.2, 0) is 0 Å². The van der Waals surface area contributed by atoms with Crippen LogP contribution in [0.25, 0.3) is 0 Å². The Labute approximate surface area is 81.5 Å². The van der Waals surface area contributed by atoms with Crippen LogP contribution >= 0.6 is 0 Å². The van der Waals surface area contributed by atoms with Gasteiger partial charge in [-0.15, -0.1) is 0 Å². The molecule has 2 aliphatic carbocycles. The summed E-state index contributed by atoms with van der Waals surface area (Å²) >= 11 is 0. The van der Waals surface area contributed by atoms with Gasteiger partial charge in [-0.25, -0.2) is 0 Å². The fraction of sp³-hybridized carbons (Fsp3) is 1.00. The van der Waals surface area contributed by atoms with Crippen molar-refractivity contribution in [2.24, 2.45) is 17.8 Å². The minimum Gasteiger partial charge on any atom is -0.393 e. The topological polar surface area (TPSA) is 20.2 Å². The van der Waals surface area contributed by atoms with Gasteiger partial charge >= 0.3 is 0 Å². The van der Waals surface area contributed by atoms with Crippen LogP contribution in [0.3, 0.4) is 0 Å². The molecular formula is C12H22O. The monoisotopic (exact) mass is 182 g/mol. The first-order chi connectivity index (χ1) is 6.25. The van der Waals surface area contributed by atoms with Gasteiger partial charge in [0.1, 0.15) is 0 Å². The van der Waals surface area contributed by atoms with Crippen LogP contribution in [0.4, 0.5) is 0 Å². The molecule has 13 heavy (non-hydrogen) atoms. The molecule has 2 atom stereocenters. The summed E-state index contributed by atoms with van der Waals surface area (Å²) in [6.07, 6.45) is 9.41. The van der Waals surface area contributed by atoms with Crippen molar-refractivity contribution < 1.29 is 5.11 Å². The van der Waals surface area contributed by atoms with Gasteiger partial charge in [-0.3, -0.25) is 0 Å². The molecule has 1 N–H and O–H groups in total. The fourth-order valence-corrected chi connectivity index (χ4v) is 2.82. The van der Waals surface area contributed by atoms with Gasteiger partial charge in [-0.05, 0) is 37.0 Å². The molecule has 0 bridgehead atoms. The predicted molar refractivity (Wildman–Crippen MR) is 54.5 cm³/mol. The van der Waals surface area contributed by atoms with Crippen LogP contribution in [0.15, 0.2) is 0 Å². The van der Waals surface area contributed by atoms with Gasteiger partial charge < -0.3 is 5.11 Å². The minimum atomic E-state index is 0.0550. The van der Waals surface area contributed by atoms with E-state index < -0.39 is 0 Å². The Morgan fingerprint density at radius 1 is 1.00 bits per heavy atom. The molecule has 0 heterocycles. The van der Waals surface area contributed by atoms with Crippen LogP contribution in [0, 0.1) is 17.8 Å². The molecule has 0 saturated heterocycles. The summed E-state index contributed by atoms with van der Waals surface area (Å²) in [5.41, 5.74) is 0. The van der Waals surface area contributed by atoms with Gasteiger partial charge in [0.15, 0.2) is 0 Å². The summed E-state index contributed by atoms with van der Waals surface area (Å²) in [6, 6.07) is 0. The Balaban J connectivity index is 1.70. The molecule has 2 fully saturated rings. The van der Waals surface area contributed by atoms with E-state index in [1.165, 1.54) is 38.5 Å². The van der Waals surface area contributed by atoms with Gasteiger partial charge in [-0.2, -0.15) is 0 Å². The maximum absolute atomic E-state index is 9.49. The van der Waals surface area contributed by atoms with E-state index in [1.54, 1.807) is 0 Å².